The molecule has 1 aliphatic heterocycles. The predicted molar refractivity (Wildman–Crippen MR) is 75.9 cm³/mol. The number of nitrogens with zero attached hydrogens (tertiary/aromatic N) is 2. The van der Waals surface area contributed by atoms with E-state index in [4.69, 9.17) is 0 Å². The zero-order chi connectivity index (χ0) is 14.8. The Morgan fingerprint density at radius 1 is 1.24 bits per heavy atom. The largest absolute Gasteiger partial charge is 0.308 e. The Kier molecular flexibility index (Phi) is 3.48. The van der Waals surface area contributed by atoms with Crippen molar-refractivity contribution in [2.45, 2.75) is 12.8 Å². The first-order valence-electron chi connectivity index (χ1n) is 6.72. The second kappa shape index (κ2) is 5.44. The van der Waals surface area contributed by atoms with Gasteiger partial charge in [-0.15, -0.1) is 0 Å². The number of pyridine rings is 1. The number of Topliss-reactive ketones (excluding diaryl/α,β-unsaturated/α-hetero) is 1. The first-order chi connectivity index (χ1) is 10.2. The Balaban J connectivity index is 2.06. The minimum Gasteiger partial charge on any atom is -0.308 e. The van der Waals surface area contributed by atoms with Gasteiger partial charge in [0.1, 0.15) is 0 Å². The monoisotopic (exact) mass is 284 g/mol. The topological polar surface area (TPSA) is 50.3 Å². The van der Waals surface area contributed by atoms with Crippen LogP contribution in [0.4, 0.5) is 10.1 Å². The molecule has 1 amide bonds. The van der Waals surface area contributed by atoms with Gasteiger partial charge in [0.15, 0.2) is 11.6 Å². The first-order valence-corrected chi connectivity index (χ1v) is 6.72. The SMILES string of the molecule is O=C1CCCN(C(=O)c2ccncc2F)c2ccccc21. The average molecular weight is 284 g/mol. The second-order valence-electron chi connectivity index (χ2n) is 4.86. The van der Waals surface area contributed by atoms with Crippen molar-refractivity contribution in [1.82, 2.24) is 4.98 Å². The van der Waals surface area contributed by atoms with E-state index >= 15 is 0 Å². The van der Waals surface area contributed by atoms with Crippen LogP contribution in [0.25, 0.3) is 0 Å². The zero-order valence-corrected chi connectivity index (χ0v) is 11.3. The van der Waals surface area contributed by atoms with E-state index in [2.05, 4.69) is 4.98 Å². The summed E-state index contributed by atoms with van der Waals surface area (Å²) in [6.45, 7) is 0.392. The van der Waals surface area contributed by atoms with Gasteiger partial charge in [0, 0.05) is 24.7 Å². The molecule has 0 bridgehead atoms. The highest BCUT2D eigenvalue weighted by Gasteiger charge is 2.26. The molecule has 21 heavy (non-hydrogen) atoms. The summed E-state index contributed by atoms with van der Waals surface area (Å²) in [6, 6.07) is 8.30. The number of benzene rings is 1. The molecule has 1 aromatic carbocycles. The zero-order valence-electron chi connectivity index (χ0n) is 11.3. The lowest BCUT2D eigenvalue weighted by Gasteiger charge is -2.22. The van der Waals surface area contributed by atoms with Crippen molar-refractivity contribution >= 4 is 17.4 Å². The smallest absolute Gasteiger partial charge is 0.261 e. The van der Waals surface area contributed by atoms with E-state index in [1.807, 2.05) is 0 Å². The van der Waals surface area contributed by atoms with Crippen LogP contribution in [-0.2, 0) is 0 Å². The van der Waals surface area contributed by atoms with Gasteiger partial charge < -0.3 is 4.90 Å². The summed E-state index contributed by atoms with van der Waals surface area (Å²) in [5, 5.41) is 0. The second-order valence-corrected chi connectivity index (χ2v) is 4.86. The molecule has 0 atom stereocenters. The molecule has 0 aliphatic carbocycles. The molecule has 0 saturated carbocycles. The average Bonchev–Trinajstić information content (AvgIpc) is 2.67. The molecule has 1 aliphatic rings. The number of carbonyl (C=O) groups is 2. The van der Waals surface area contributed by atoms with Gasteiger partial charge in [0.05, 0.1) is 17.4 Å². The minimum atomic E-state index is -0.657. The Hall–Kier alpha value is -2.56. The quantitative estimate of drug-likeness (QED) is 0.809. The normalized spacial score (nSPS) is 14.5. The van der Waals surface area contributed by atoms with Gasteiger partial charge in [-0.25, -0.2) is 4.39 Å². The van der Waals surface area contributed by atoms with Gasteiger partial charge in [-0.05, 0) is 24.6 Å². The van der Waals surface area contributed by atoms with Crippen LogP contribution in [0, 0.1) is 5.82 Å². The maximum atomic E-state index is 13.8. The standard InChI is InChI=1S/C16H13FN2O2/c17-13-10-18-8-7-11(13)16(21)19-9-3-6-15(20)12-4-1-2-5-14(12)19/h1-2,4-5,7-8,10H,3,6,9H2. The number of anilines is 1. The molecule has 0 radical (unpaired) electrons. The van der Waals surface area contributed by atoms with E-state index in [9.17, 15) is 14.0 Å². The number of hydrogen-bond donors (Lipinski definition) is 0. The van der Waals surface area contributed by atoms with E-state index in [1.54, 1.807) is 24.3 Å². The highest BCUT2D eigenvalue weighted by atomic mass is 19.1. The fourth-order valence-corrected chi connectivity index (χ4v) is 2.50. The highest BCUT2D eigenvalue weighted by molar-refractivity contribution is 6.11. The Morgan fingerprint density at radius 3 is 2.86 bits per heavy atom. The minimum absolute atomic E-state index is 0.0103. The predicted octanol–water partition coefficient (Wildman–Crippen LogP) is 2.84. The Labute approximate surface area is 121 Å². The molecule has 106 valence electrons. The lowest BCUT2D eigenvalue weighted by Crippen LogP contribution is -2.32. The lowest BCUT2D eigenvalue weighted by atomic mass is 10.1. The molecule has 3 rings (SSSR count). The summed E-state index contributed by atoms with van der Waals surface area (Å²) in [5.74, 6) is -1.09. The fourth-order valence-electron chi connectivity index (χ4n) is 2.50. The van der Waals surface area contributed by atoms with Crippen LogP contribution in [0.5, 0.6) is 0 Å². The first kappa shape index (κ1) is 13.4. The molecule has 0 saturated heterocycles. The summed E-state index contributed by atoms with van der Waals surface area (Å²) < 4.78 is 13.8. The van der Waals surface area contributed by atoms with Crippen molar-refractivity contribution in [2.24, 2.45) is 0 Å². The molecule has 1 aromatic heterocycles. The number of halogens is 1. The number of rotatable bonds is 1. The summed E-state index contributed by atoms with van der Waals surface area (Å²) in [5.41, 5.74) is 1.02. The van der Waals surface area contributed by atoms with E-state index < -0.39 is 11.7 Å². The highest BCUT2D eigenvalue weighted by Crippen LogP contribution is 2.27. The van der Waals surface area contributed by atoms with Gasteiger partial charge in [-0.2, -0.15) is 0 Å². The van der Waals surface area contributed by atoms with Crippen LogP contribution in [-0.4, -0.2) is 23.2 Å². The van der Waals surface area contributed by atoms with Crippen molar-refractivity contribution < 1.29 is 14.0 Å². The molecule has 0 unspecified atom stereocenters. The third kappa shape index (κ3) is 2.42. The van der Waals surface area contributed by atoms with Crippen molar-refractivity contribution in [2.75, 3.05) is 11.4 Å². The molecule has 4 nitrogen and oxygen atoms in total. The number of fused-ring (bicyclic) bond motifs is 1. The van der Waals surface area contributed by atoms with E-state index in [0.717, 1.165) is 6.20 Å². The molecule has 2 heterocycles. The number of carbonyl (C=O) groups excluding carboxylic acids is 2. The third-order valence-electron chi connectivity index (χ3n) is 3.53. The molecule has 0 fully saturated rings. The van der Waals surface area contributed by atoms with Crippen molar-refractivity contribution in [3.63, 3.8) is 0 Å². The van der Waals surface area contributed by atoms with E-state index in [0.29, 0.717) is 30.6 Å². The number of amides is 1. The number of aromatic nitrogens is 1. The van der Waals surface area contributed by atoms with Crippen molar-refractivity contribution in [3.05, 3.63) is 59.7 Å². The van der Waals surface area contributed by atoms with Crippen LogP contribution < -0.4 is 4.90 Å². The lowest BCUT2D eigenvalue weighted by molar-refractivity contribution is 0.0971. The third-order valence-corrected chi connectivity index (χ3v) is 3.53. The van der Waals surface area contributed by atoms with Gasteiger partial charge in [0.2, 0.25) is 0 Å². The Bertz CT molecular complexity index is 715. The fraction of sp³-hybridized carbons (Fsp3) is 0.188. The van der Waals surface area contributed by atoms with Crippen molar-refractivity contribution in [3.8, 4) is 0 Å². The van der Waals surface area contributed by atoms with E-state index in [1.165, 1.54) is 17.2 Å². The Morgan fingerprint density at radius 2 is 2.05 bits per heavy atom. The van der Waals surface area contributed by atoms with Crippen molar-refractivity contribution in [1.29, 1.82) is 0 Å². The summed E-state index contributed by atoms with van der Waals surface area (Å²) in [4.78, 5) is 29.8. The number of ketones is 1. The maximum absolute atomic E-state index is 13.8. The van der Waals surface area contributed by atoms with Crippen LogP contribution >= 0.6 is 0 Å². The number of hydrogen-bond acceptors (Lipinski definition) is 3. The molecular weight excluding hydrogens is 271 g/mol. The van der Waals surface area contributed by atoms with Gasteiger partial charge in [-0.1, -0.05) is 12.1 Å². The molecule has 0 N–H and O–H groups in total. The van der Waals surface area contributed by atoms with Crippen LogP contribution in [0.1, 0.15) is 33.6 Å². The summed E-state index contributed by atoms with van der Waals surface area (Å²) in [7, 11) is 0. The van der Waals surface area contributed by atoms with Gasteiger partial charge in [-0.3, -0.25) is 14.6 Å². The maximum Gasteiger partial charge on any atom is 0.261 e. The van der Waals surface area contributed by atoms with Crippen LogP contribution in [0.2, 0.25) is 0 Å². The number of para-hydroxylation sites is 1. The molecule has 0 spiro atoms. The van der Waals surface area contributed by atoms with Gasteiger partial charge in [0.25, 0.3) is 5.91 Å². The summed E-state index contributed by atoms with van der Waals surface area (Å²) >= 11 is 0. The van der Waals surface area contributed by atoms with Crippen LogP contribution in [0.3, 0.4) is 0 Å². The molecular formula is C16H13FN2O2. The van der Waals surface area contributed by atoms with Crippen LogP contribution in [0.15, 0.2) is 42.7 Å². The van der Waals surface area contributed by atoms with Gasteiger partial charge >= 0.3 is 0 Å². The summed E-state index contributed by atoms with van der Waals surface area (Å²) in [6.07, 6.45) is 3.35. The molecule has 5 heteroatoms. The van der Waals surface area contributed by atoms with E-state index in [-0.39, 0.29) is 11.3 Å². The molecule has 2 aromatic rings.